The van der Waals surface area contributed by atoms with Gasteiger partial charge >= 0.3 is 6.03 Å². The molecule has 0 aromatic carbocycles. The van der Waals surface area contributed by atoms with Gasteiger partial charge in [0.05, 0.1) is 18.0 Å². The van der Waals surface area contributed by atoms with E-state index in [4.69, 9.17) is 10.1 Å². The number of anilines is 1. The fraction of sp³-hybridized carbons (Fsp3) is 0.500. The number of nitrogens with zero attached hydrogens (tertiary/aromatic N) is 1. The van der Waals surface area contributed by atoms with E-state index in [1.54, 1.807) is 0 Å². The molecule has 152 valence electrons. The predicted molar refractivity (Wildman–Crippen MR) is 106 cm³/mol. The number of sulfonamides is 1. The third-order valence-corrected chi connectivity index (χ3v) is 6.02. The zero-order valence-electron chi connectivity index (χ0n) is 16.0. The van der Waals surface area contributed by atoms with E-state index < -0.39 is 21.0 Å². The molecule has 1 aliphatic carbocycles. The highest BCUT2D eigenvalue weighted by atomic mass is 32.2. The van der Waals surface area contributed by atoms with Gasteiger partial charge in [-0.25, -0.2) is 17.9 Å². The Bertz CT molecular complexity index is 916. The first kappa shape index (κ1) is 20.1. The van der Waals surface area contributed by atoms with Crippen molar-refractivity contribution in [1.82, 2.24) is 15.0 Å². The van der Waals surface area contributed by atoms with E-state index in [0.29, 0.717) is 25.1 Å². The molecule has 1 fully saturated rings. The van der Waals surface area contributed by atoms with Crippen molar-refractivity contribution in [2.45, 2.75) is 45.4 Å². The molecule has 2 amide bonds. The van der Waals surface area contributed by atoms with E-state index in [1.807, 2.05) is 24.8 Å². The number of allylic oxidation sites excluding steroid dienone is 1. The zero-order valence-corrected chi connectivity index (χ0v) is 16.8. The quantitative estimate of drug-likeness (QED) is 0.552. The van der Waals surface area contributed by atoms with Gasteiger partial charge in [-0.15, -0.1) is 0 Å². The molecule has 2 aliphatic rings. The van der Waals surface area contributed by atoms with E-state index in [2.05, 4.69) is 15.6 Å². The Labute approximate surface area is 164 Å². The topological polar surface area (TPSA) is 133 Å². The van der Waals surface area contributed by atoms with E-state index in [9.17, 15) is 13.2 Å². The zero-order chi connectivity index (χ0) is 20.3. The van der Waals surface area contributed by atoms with Crippen molar-refractivity contribution in [2.75, 3.05) is 18.5 Å². The number of rotatable bonds is 5. The SMILES string of the molecule is CC(C)c1ncc2c(c1NC(=O)NS(=O)(=O)/C(C=N)=C1/NCCCO1)CCC2. The average Bonchev–Trinajstić information content (AvgIpc) is 3.11. The molecular formula is C18H25N5O4S. The van der Waals surface area contributed by atoms with Gasteiger partial charge in [-0.3, -0.25) is 4.98 Å². The molecule has 0 radical (unpaired) electrons. The Balaban J connectivity index is 1.84. The van der Waals surface area contributed by atoms with Crippen LogP contribution in [-0.2, 0) is 27.6 Å². The van der Waals surface area contributed by atoms with Crippen LogP contribution in [0.2, 0.25) is 0 Å². The van der Waals surface area contributed by atoms with Gasteiger partial charge in [-0.2, -0.15) is 0 Å². The van der Waals surface area contributed by atoms with Crippen molar-refractivity contribution in [3.05, 3.63) is 33.8 Å². The molecule has 4 N–H and O–H groups in total. The molecule has 0 spiro atoms. The summed E-state index contributed by atoms with van der Waals surface area (Å²) in [7, 11) is -4.27. The Hall–Kier alpha value is -2.62. The number of pyridine rings is 1. The monoisotopic (exact) mass is 407 g/mol. The number of carbonyl (C=O) groups excluding carboxylic acids is 1. The van der Waals surface area contributed by atoms with E-state index in [-0.39, 0.29) is 11.8 Å². The van der Waals surface area contributed by atoms with Crippen LogP contribution in [0.15, 0.2) is 17.0 Å². The molecule has 1 aromatic rings. The molecule has 2 heterocycles. The number of nitrogens with one attached hydrogen (secondary N) is 4. The van der Waals surface area contributed by atoms with E-state index in [0.717, 1.165) is 42.5 Å². The van der Waals surface area contributed by atoms with Gasteiger partial charge in [0.15, 0.2) is 4.91 Å². The van der Waals surface area contributed by atoms with Crippen molar-refractivity contribution in [2.24, 2.45) is 0 Å². The van der Waals surface area contributed by atoms with Gasteiger partial charge < -0.3 is 20.8 Å². The molecule has 28 heavy (non-hydrogen) atoms. The molecule has 0 bridgehead atoms. The molecule has 0 atom stereocenters. The van der Waals surface area contributed by atoms with Crippen LogP contribution in [-0.4, -0.2) is 38.8 Å². The highest BCUT2D eigenvalue weighted by Crippen LogP contribution is 2.33. The fourth-order valence-electron chi connectivity index (χ4n) is 3.38. The first-order valence-electron chi connectivity index (χ1n) is 9.29. The number of fused-ring (bicyclic) bond motifs is 1. The molecule has 1 aliphatic heterocycles. The number of urea groups is 1. The smallest absolute Gasteiger partial charge is 0.333 e. The van der Waals surface area contributed by atoms with Crippen LogP contribution in [0.3, 0.4) is 0 Å². The van der Waals surface area contributed by atoms with Crippen molar-refractivity contribution in [1.29, 1.82) is 5.41 Å². The average molecular weight is 407 g/mol. The van der Waals surface area contributed by atoms with Crippen LogP contribution in [0.1, 0.15) is 49.4 Å². The summed E-state index contributed by atoms with van der Waals surface area (Å²) in [5.74, 6) is 0.0450. The van der Waals surface area contributed by atoms with Crippen molar-refractivity contribution in [3.63, 3.8) is 0 Å². The Morgan fingerprint density at radius 1 is 1.36 bits per heavy atom. The fourth-order valence-corrected chi connectivity index (χ4v) is 4.31. The van der Waals surface area contributed by atoms with Gasteiger partial charge in [0.2, 0.25) is 5.88 Å². The highest BCUT2D eigenvalue weighted by molar-refractivity contribution is 7.94. The second-order valence-electron chi connectivity index (χ2n) is 7.06. The standard InChI is InChI=1S/C18H25N5O4S/c1-11(2)15-16(13-6-3-5-12(13)10-21-15)22-18(24)23-28(25,26)14(9-19)17-20-7-4-8-27-17/h9-11,19-20H,3-8H2,1-2H3,(H2,22,23,24)/b17-14-,19-9?. The summed E-state index contributed by atoms with van der Waals surface area (Å²) in [6.45, 7) is 4.81. The number of hydrogen-bond acceptors (Lipinski definition) is 7. The molecule has 0 saturated carbocycles. The van der Waals surface area contributed by atoms with Gasteiger partial charge in [0.1, 0.15) is 0 Å². The van der Waals surface area contributed by atoms with Gasteiger partial charge in [0.25, 0.3) is 10.0 Å². The molecule has 0 unspecified atom stereocenters. The first-order valence-corrected chi connectivity index (χ1v) is 10.8. The third kappa shape index (κ3) is 4.11. The summed E-state index contributed by atoms with van der Waals surface area (Å²) in [6.07, 6.45) is 5.90. The first-order chi connectivity index (χ1) is 13.3. The highest BCUT2D eigenvalue weighted by Gasteiger charge is 2.27. The number of ether oxygens (including phenoxy) is 1. The summed E-state index contributed by atoms with van der Waals surface area (Å²) in [5.41, 5.74) is 3.38. The van der Waals surface area contributed by atoms with Crippen LogP contribution >= 0.6 is 0 Å². The maximum Gasteiger partial charge on any atom is 0.333 e. The number of amides is 2. The minimum Gasteiger partial charge on any atom is -0.478 e. The van der Waals surface area contributed by atoms with Crippen LogP contribution in [0, 0.1) is 5.41 Å². The largest absolute Gasteiger partial charge is 0.478 e. The van der Waals surface area contributed by atoms with Gasteiger partial charge in [0, 0.05) is 19.0 Å². The number of aryl methyl sites for hydroxylation is 1. The molecular weight excluding hydrogens is 382 g/mol. The van der Waals surface area contributed by atoms with E-state index in [1.165, 1.54) is 0 Å². The summed E-state index contributed by atoms with van der Waals surface area (Å²) in [6, 6.07) is -0.889. The summed E-state index contributed by atoms with van der Waals surface area (Å²) in [5, 5.41) is 12.9. The predicted octanol–water partition coefficient (Wildman–Crippen LogP) is 1.97. The normalized spacial score (nSPS) is 18.0. The van der Waals surface area contributed by atoms with Crippen LogP contribution in [0.4, 0.5) is 10.5 Å². The minimum atomic E-state index is -4.27. The van der Waals surface area contributed by atoms with Crippen LogP contribution in [0.5, 0.6) is 0 Å². The lowest BCUT2D eigenvalue weighted by Crippen LogP contribution is -2.38. The number of carbonyl (C=O) groups is 1. The van der Waals surface area contributed by atoms with Gasteiger partial charge in [-0.1, -0.05) is 13.8 Å². The van der Waals surface area contributed by atoms with Crippen molar-refractivity contribution < 1.29 is 17.9 Å². The summed E-state index contributed by atoms with van der Waals surface area (Å²) >= 11 is 0. The Morgan fingerprint density at radius 3 is 2.79 bits per heavy atom. The Morgan fingerprint density at radius 2 is 2.14 bits per heavy atom. The third-order valence-electron chi connectivity index (χ3n) is 4.69. The second kappa shape index (κ2) is 8.17. The lowest BCUT2D eigenvalue weighted by Gasteiger charge is -2.21. The summed E-state index contributed by atoms with van der Waals surface area (Å²) < 4.78 is 32.5. The molecule has 10 heteroatoms. The lowest BCUT2D eigenvalue weighted by molar-refractivity contribution is 0.157. The maximum atomic E-state index is 12.6. The molecule has 1 aromatic heterocycles. The second-order valence-corrected chi connectivity index (χ2v) is 8.71. The minimum absolute atomic E-state index is 0.0216. The van der Waals surface area contributed by atoms with Crippen molar-refractivity contribution >= 4 is 28.0 Å². The Kier molecular flexibility index (Phi) is 5.87. The molecule has 1 saturated heterocycles. The van der Waals surface area contributed by atoms with Gasteiger partial charge in [-0.05, 0) is 42.7 Å². The molecule has 9 nitrogen and oxygen atoms in total. The number of hydrogen-bond donors (Lipinski definition) is 4. The van der Waals surface area contributed by atoms with Crippen LogP contribution < -0.4 is 15.4 Å². The molecule has 3 rings (SSSR count). The van der Waals surface area contributed by atoms with Crippen molar-refractivity contribution in [3.8, 4) is 0 Å². The van der Waals surface area contributed by atoms with E-state index >= 15 is 0 Å². The lowest BCUT2D eigenvalue weighted by atomic mass is 10.0. The maximum absolute atomic E-state index is 12.6. The van der Waals surface area contributed by atoms with Crippen LogP contribution in [0.25, 0.3) is 0 Å². The number of aromatic nitrogens is 1. The summed E-state index contributed by atoms with van der Waals surface area (Å²) in [4.78, 5) is 16.6.